The largest absolute Gasteiger partial charge is 0.382 e. The lowest BCUT2D eigenvalue weighted by Crippen LogP contribution is -2.44. The molecule has 1 fully saturated rings. The summed E-state index contributed by atoms with van der Waals surface area (Å²) in [7, 11) is 0. The van der Waals surface area contributed by atoms with Crippen LogP contribution in [0.5, 0.6) is 0 Å². The van der Waals surface area contributed by atoms with Gasteiger partial charge in [-0.1, -0.05) is 35.5 Å². The van der Waals surface area contributed by atoms with Crippen LogP contribution < -0.4 is 16.0 Å². The van der Waals surface area contributed by atoms with E-state index < -0.39 is 0 Å². The third-order valence-corrected chi connectivity index (χ3v) is 7.02. The highest BCUT2D eigenvalue weighted by Crippen LogP contribution is 2.36. The maximum absolute atomic E-state index is 9.89. The van der Waals surface area contributed by atoms with Crippen molar-refractivity contribution < 1.29 is 0 Å². The minimum atomic E-state index is 0.151. The minimum absolute atomic E-state index is 0.151. The second kappa shape index (κ2) is 9.54. The Balaban J connectivity index is 1.60. The number of thioether (sulfide) groups is 1. The van der Waals surface area contributed by atoms with E-state index in [0.717, 1.165) is 29.4 Å². The summed E-state index contributed by atoms with van der Waals surface area (Å²) in [6.45, 7) is 2.97. The highest BCUT2D eigenvalue weighted by Gasteiger charge is 2.25. The van der Waals surface area contributed by atoms with Crippen LogP contribution in [0, 0.1) is 22.7 Å². The average molecular weight is 468 g/mol. The molecule has 31 heavy (non-hydrogen) atoms. The molecule has 3 N–H and O–H groups in total. The third-order valence-electron chi connectivity index (χ3n) is 4.82. The molecule has 1 saturated heterocycles. The normalized spacial score (nSPS) is 13.6. The predicted molar refractivity (Wildman–Crippen MR) is 125 cm³/mol. The van der Waals surface area contributed by atoms with E-state index in [1.807, 2.05) is 34.5 Å². The van der Waals surface area contributed by atoms with Gasteiger partial charge in [0.15, 0.2) is 0 Å². The van der Waals surface area contributed by atoms with Gasteiger partial charge in [0.05, 0.1) is 11.4 Å². The lowest BCUT2D eigenvalue weighted by molar-refractivity contribution is 0.588. The summed E-state index contributed by atoms with van der Waals surface area (Å²) in [6.07, 6.45) is 0. The first-order chi connectivity index (χ1) is 15.1. The number of halogens is 1. The van der Waals surface area contributed by atoms with Crippen molar-refractivity contribution in [3.05, 3.63) is 51.5 Å². The van der Waals surface area contributed by atoms with Gasteiger partial charge in [-0.15, -0.1) is 11.3 Å². The van der Waals surface area contributed by atoms with Gasteiger partial charge in [-0.3, -0.25) is 0 Å². The van der Waals surface area contributed by atoms with Gasteiger partial charge >= 0.3 is 0 Å². The van der Waals surface area contributed by atoms with Crippen molar-refractivity contribution in [2.75, 3.05) is 36.8 Å². The van der Waals surface area contributed by atoms with E-state index in [0.29, 0.717) is 40.1 Å². The fourth-order valence-electron chi connectivity index (χ4n) is 3.33. The summed E-state index contributed by atoms with van der Waals surface area (Å²) in [5, 5.41) is 26.9. The number of thiazole rings is 1. The Hall–Kier alpha value is -2.82. The average Bonchev–Trinajstić information content (AvgIpc) is 3.27. The van der Waals surface area contributed by atoms with E-state index in [2.05, 4.69) is 22.4 Å². The maximum Gasteiger partial charge on any atom is 0.144 e. The van der Waals surface area contributed by atoms with E-state index in [1.165, 1.54) is 11.8 Å². The molecule has 10 heteroatoms. The van der Waals surface area contributed by atoms with Gasteiger partial charge in [0, 0.05) is 47.9 Å². The predicted octanol–water partition coefficient (Wildman–Crippen LogP) is 3.89. The van der Waals surface area contributed by atoms with E-state index in [9.17, 15) is 10.5 Å². The van der Waals surface area contributed by atoms with E-state index in [4.69, 9.17) is 22.3 Å². The Morgan fingerprint density at radius 3 is 2.52 bits per heavy atom. The molecule has 0 aliphatic carbocycles. The Bertz CT molecular complexity index is 1170. The number of aromatic nitrogens is 2. The molecular formula is C21H18ClN7S2. The molecule has 2 aromatic heterocycles. The molecule has 0 radical (unpaired) electrons. The fourth-order valence-corrected chi connectivity index (χ4v) is 5.27. The molecule has 156 valence electrons. The van der Waals surface area contributed by atoms with E-state index in [1.54, 1.807) is 11.3 Å². The molecule has 4 rings (SSSR count). The number of benzene rings is 1. The fraction of sp³-hybridized carbons (Fsp3) is 0.238. The van der Waals surface area contributed by atoms with Gasteiger partial charge in [-0.2, -0.15) is 10.5 Å². The Morgan fingerprint density at radius 2 is 1.84 bits per heavy atom. The number of nitrogens with one attached hydrogen (secondary N) is 1. The number of piperazine rings is 1. The van der Waals surface area contributed by atoms with Crippen LogP contribution >= 0.6 is 34.7 Å². The number of hydrogen-bond acceptors (Lipinski definition) is 9. The van der Waals surface area contributed by atoms with Gasteiger partial charge in [0.1, 0.15) is 39.1 Å². The molecule has 0 spiro atoms. The number of pyridine rings is 1. The number of nitrogens with two attached hydrogens (primary N) is 1. The molecule has 0 unspecified atom stereocenters. The highest BCUT2D eigenvalue weighted by molar-refractivity contribution is 7.98. The molecule has 1 aromatic carbocycles. The van der Waals surface area contributed by atoms with Crippen LogP contribution in [0.25, 0.3) is 10.6 Å². The third kappa shape index (κ3) is 4.60. The van der Waals surface area contributed by atoms with Gasteiger partial charge < -0.3 is 16.0 Å². The number of anilines is 2. The summed E-state index contributed by atoms with van der Waals surface area (Å²) in [6, 6.07) is 11.9. The van der Waals surface area contributed by atoms with Crippen LogP contribution in [-0.4, -0.2) is 36.1 Å². The number of nitriles is 2. The topological polar surface area (TPSA) is 115 Å². The summed E-state index contributed by atoms with van der Waals surface area (Å²) >= 11 is 8.92. The second-order valence-electron chi connectivity index (χ2n) is 6.80. The van der Waals surface area contributed by atoms with E-state index >= 15 is 0 Å². The zero-order chi connectivity index (χ0) is 21.8. The van der Waals surface area contributed by atoms with Crippen LogP contribution in [0.4, 0.5) is 11.5 Å². The minimum Gasteiger partial charge on any atom is -0.382 e. The molecule has 0 atom stereocenters. The van der Waals surface area contributed by atoms with E-state index in [-0.39, 0.29) is 11.4 Å². The first-order valence-electron chi connectivity index (χ1n) is 9.53. The molecule has 0 bridgehead atoms. The van der Waals surface area contributed by atoms with Crippen LogP contribution in [0.1, 0.15) is 16.8 Å². The molecule has 0 saturated carbocycles. The molecule has 1 aliphatic rings. The van der Waals surface area contributed by atoms with Crippen molar-refractivity contribution >= 4 is 46.2 Å². The monoisotopic (exact) mass is 467 g/mol. The number of hydrogen-bond donors (Lipinski definition) is 2. The van der Waals surface area contributed by atoms with Gasteiger partial charge in [0.25, 0.3) is 0 Å². The molecule has 7 nitrogen and oxygen atoms in total. The molecular weight excluding hydrogens is 450 g/mol. The van der Waals surface area contributed by atoms with Gasteiger partial charge in [-0.05, 0) is 12.1 Å². The molecule has 1 aliphatic heterocycles. The van der Waals surface area contributed by atoms with Crippen molar-refractivity contribution in [1.82, 2.24) is 15.3 Å². The summed E-state index contributed by atoms with van der Waals surface area (Å²) in [5.41, 5.74) is 9.24. The summed E-state index contributed by atoms with van der Waals surface area (Å²) < 4.78 is 0. The van der Waals surface area contributed by atoms with Crippen LogP contribution in [0.15, 0.2) is 34.7 Å². The Kier molecular flexibility index (Phi) is 6.59. The van der Waals surface area contributed by atoms with Gasteiger partial charge in [-0.25, -0.2) is 9.97 Å². The van der Waals surface area contributed by atoms with Crippen LogP contribution in [0.2, 0.25) is 5.02 Å². The lowest BCUT2D eigenvalue weighted by atomic mass is 10.1. The summed E-state index contributed by atoms with van der Waals surface area (Å²) in [4.78, 5) is 11.1. The number of nitrogen functional groups attached to an aromatic ring is 1. The molecule has 3 aromatic rings. The number of nitrogens with zero attached hydrogens (tertiary/aromatic N) is 5. The zero-order valence-corrected chi connectivity index (χ0v) is 18.8. The lowest BCUT2D eigenvalue weighted by Gasteiger charge is -2.31. The Labute approximate surface area is 193 Å². The molecule has 3 heterocycles. The summed E-state index contributed by atoms with van der Waals surface area (Å²) in [5.74, 6) is 0.690. The van der Waals surface area contributed by atoms with Crippen molar-refractivity contribution in [3.8, 4) is 22.7 Å². The number of rotatable bonds is 5. The van der Waals surface area contributed by atoms with Crippen LogP contribution in [0.3, 0.4) is 0 Å². The van der Waals surface area contributed by atoms with Crippen LogP contribution in [-0.2, 0) is 5.75 Å². The highest BCUT2D eigenvalue weighted by atomic mass is 35.5. The van der Waals surface area contributed by atoms with Gasteiger partial charge in [0.2, 0.25) is 0 Å². The first-order valence-corrected chi connectivity index (χ1v) is 11.8. The van der Waals surface area contributed by atoms with Crippen molar-refractivity contribution in [2.24, 2.45) is 0 Å². The quantitative estimate of drug-likeness (QED) is 0.543. The zero-order valence-electron chi connectivity index (χ0n) is 16.4. The first kappa shape index (κ1) is 21.4. The standard InChI is InChI=1S/C21H18ClN7S2/c22-14-3-1-13(2-4-14)20-27-15(11-30-20)12-31-21-17(10-24)18(16(9-23)19(25)28-21)29-7-5-26-6-8-29/h1-4,11,26H,5-8,12H2,(H2,25,28). The van der Waals surface area contributed by atoms with Crippen molar-refractivity contribution in [1.29, 1.82) is 10.5 Å². The van der Waals surface area contributed by atoms with Crippen molar-refractivity contribution in [2.45, 2.75) is 10.8 Å². The van der Waals surface area contributed by atoms with Crippen molar-refractivity contribution in [3.63, 3.8) is 0 Å². The maximum atomic E-state index is 9.89. The Morgan fingerprint density at radius 1 is 1.13 bits per heavy atom. The second-order valence-corrected chi connectivity index (χ2v) is 9.06. The smallest absolute Gasteiger partial charge is 0.144 e. The molecule has 0 amide bonds. The SMILES string of the molecule is N#Cc1c(N)nc(SCc2csc(-c3ccc(Cl)cc3)n2)c(C#N)c1N1CCNCC1.